The van der Waals surface area contributed by atoms with Crippen LogP contribution in [0.15, 0.2) is 0 Å². The minimum atomic E-state index is -0.0994. The molecule has 0 radical (unpaired) electrons. The molecule has 0 aliphatic heterocycles. The number of nitrogens with two attached hydrogens (primary N) is 1. The lowest BCUT2D eigenvalue weighted by molar-refractivity contribution is -0.122. The first-order chi connectivity index (χ1) is 5.24. The second-order valence-electron chi connectivity index (χ2n) is 2.97. The molecule has 1 fully saturated rings. The molecule has 1 rings (SSSR count). The molecule has 11 heavy (non-hydrogen) atoms. The van der Waals surface area contributed by atoms with Crippen molar-refractivity contribution in [3.63, 3.8) is 0 Å². The van der Waals surface area contributed by atoms with Crippen molar-refractivity contribution in [3.05, 3.63) is 0 Å². The standard InChI is InChI=1S/C7H14N2O2/c1-5(11-8)4-9-7(10)6-2-3-6/h5-6H,2-4,8H2,1H3,(H,9,10). The summed E-state index contributed by atoms with van der Waals surface area (Å²) >= 11 is 0. The Labute approximate surface area is 66.0 Å². The number of carbonyl (C=O) groups is 1. The fraction of sp³-hybridized carbons (Fsp3) is 0.857. The minimum absolute atomic E-state index is 0.0994. The van der Waals surface area contributed by atoms with Crippen LogP contribution in [0.3, 0.4) is 0 Å². The van der Waals surface area contributed by atoms with E-state index < -0.39 is 0 Å². The van der Waals surface area contributed by atoms with E-state index in [0.717, 1.165) is 12.8 Å². The molecule has 0 heterocycles. The van der Waals surface area contributed by atoms with Gasteiger partial charge in [-0.25, -0.2) is 5.90 Å². The van der Waals surface area contributed by atoms with Gasteiger partial charge in [0.05, 0.1) is 6.10 Å². The predicted molar refractivity (Wildman–Crippen MR) is 40.5 cm³/mol. The number of carbonyl (C=O) groups excluding carboxylic acids is 1. The molecule has 1 amide bonds. The highest BCUT2D eigenvalue weighted by Crippen LogP contribution is 2.28. The quantitative estimate of drug-likeness (QED) is 0.556. The summed E-state index contributed by atoms with van der Waals surface area (Å²) in [5.41, 5.74) is 0. The van der Waals surface area contributed by atoms with Gasteiger partial charge >= 0.3 is 0 Å². The molecular formula is C7H14N2O2. The van der Waals surface area contributed by atoms with E-state index in [-0.39, 0.29) is 17.9 Å². The lowest BCUT2D eigenvalue weighted by Gasteiger charge is -2.08. The van der Waals surface area contributed by atoms with E-state index in [2.05, 4.69) is 10.2 Å². The molecule has 1 aliphatic rings. The maximum absolute atomic E-state index is 11.0. The molecule has 0 aromatic carbocycles. The van der Waals surface area contributed by atoms with Gasteiger partial charge in [0.15, 0.2) is 0 Å². The number of amides is 1. The van der Waals surface area contributed by atoms with Crippen molar-refractivity contribution in [3.8, 4) is 0 Å². The summed E-state index contributed by atoms with van der Waals surface area (Å²) in [7, 11) is 0. The van der Waals surface area contributed by atoms with Gasteiger partial charge in [-0.3, -0.25) is 9.63 Å². The molecule has 0 bridgehead atoms. The molecule has 0 aromatic rings. The van der Waals surface area contributed by atoms with Crippen LogP contribution >= 0.6 is 0 Å². The summed E-state index contributed by atoms with van der Waals surface area (Å²) in [6.07, 6.45) is 1.96. The molecule has 3 N–H and O–H groups in total. The van der Waals surface area contributed by atoms with Crippen molar-refractivity contribution in [2.75, 3.05) is 6.54 Å². The van der Waals surface area contributed by atoms with Gasteiger partial charge in [-0.15, -0.1) is 0 Å². The van der Waals surface area contributed by atoms with Crippen LogP contribution in [0, 0.1) is 5.92 Å². The van der Waals surface area contributed by atoms with E-state index in [4.69, 9.17) is 5.90 Å². The molecule has 0 aromatic heterocycles. The minimum Gasteiger partial charge on any atom is -0.353 e. The Hall–Kier alpha value is -0.610. The fourth-order valence-corrected chi connectivity index (χ4v) is 0.782. The van der Waals surface area contributed by atoms with E-state index in [9.17, 15) is 4.79 Å². The Bertz CT molecular complexity index is 145. The largest absolute Gasteiger partial charge is 0.353 e. The SMILES string of the molecule is CC(CNC(=O)C1CC1)ON. The van der Waals surface area contributed by atoms with Crippen molar-refractivity contribution in [2.45, 2.75) is 25.9 Å². The van der Waals surface area contributed by atoms with Crippen LogP contribution in [0.1, 0.15) is 19.8 Å². The average molecular weight is 158 g/mol. The third kappa shape index (κ3) is 2.86. The number of hydrogen-bond donors (Lipinski definition) is 2. The molecule has 4 heteroatoms. The topological polar surface area (TPSA) is 64.3 Å². The van der Waals surface area contributed by atoms with Crippen molar-refractivity contribution in [1.82, 2.24) is 5.32 Å². The summed E-state index contributed by atoms with van der Waals surface area (Å²) in [6, 6.07) is 0. The van der Waals surface area contributed by atoms with Crippen LogP contribution in [0.4, 0.5) is 0 Å². The van der Waals surface area contributed by atoms with E-state index in [0.29, 0.717) is 6.54 Å². The van der Waals surface area contributed by atoms with Crippen molar-refractivity contribution >= 4 is 5.91 Å². The Morgan fingerprint density at radius 1 is 1.82 bits per heavy atom. The first kappa shape index (κ1) is 8.49. The van der Waals surface area contributed by atoms with Crippen LogP contribution < -0.4 is 11.2 Å². The summed E-state index contributed by atoms with van der Waals surface area (Å²) < 4.78 is 0. The first-order valence-corrected chi connectivity index (χ1v) is 3.87. The smallest absolute Gasteiger partial charge is 0.223 e. The van der Waals surface area contributed by atoms with Crippen LogP contribution in [-0.2, 0) is 9.63 Å². The second-order valence-corrected chi connectivity index (χ2v) is 2.97. The molecule has 4 nitrogen and oxygen atoms in total. The van der Waals surface area contributed by atoms with Crippen LogP contribution in [0.2, 0.25) is 0 Å². The molecule has 1 saturated carbocycles. The highest BCUT2D eigenvalue weighted by atomic mass is 16.6. The monoisotopic (exact) mass is 158 g/mol. The Kier molecular flexibility index (Phi) is 2.84. The zero-order chi connectivity index (χ0) is 8.27. The van der Waals surface area contributed by atoms with Gasteiger partial charge in [0.1, 0.15) is 0 Å². The molecule has 0 spiro atoms. The zero-order valence-electron chi connectivity index (χ0n) is 6.67. The molecule has 1 unspecified atom stereocenters. The highest BCUT2D eigenvalue weighted by Gasteiger charge is 2.29. The van der Waals surface area contributed by atoms with Crippen LogP contribution in [0.25, 0.3) is 0 Å². The lowest BCUT2D eigenvalue weighted by Crippen LogP contribution is -2.34. The Morgan fingerprint density at radius 3 is 2.91 bits per heavy atom. The molecule has 64 valence electrons. The van der Waals surface area contributed by atoms with E-state index in [1.807, 2.05) is 6.92 Å². The van der Waals surface area contributed by atoms with E-state index in [1.165, 1.54) is 0 Å². The molecular weight excluding hydrogens is 144 g/mol. The molecule has 0 saturated heterocycles. The van der Waals surface area contributed by atoms with Crippen molar-refractivity contribution in [1.29, 1.82) is 0 Å². The van der Waals surface area contributed by atoms with Gasteiger partial charge in [0.25, 0.3) is 0 Å². The summed E-state index contributed by atoms with van der Waals surface area (Å²) in [4.78, 5) is 15.5. The number of hydrogen-bond acceptors (Lipinski definition) is 3. The molecule has 1 atom stereocenters. The highest BCUT2D eigenvalue weighted by molar-refractivity contribution is 5.80. The third-order valence-electron chi connectivity index (χ3n) is 1.74. The third-order valence-corrected chi connectivity index (χ3v) is 1.74. The summed E-state index contributed by atoms with van der Waals surface area (Å²) in [5.74, 6) is 5.30. The van der Waals surface area contributed by atoms with Crippen molar-refractivity contribution < 1.29 is 9.63 Å². The molecule has 1 aliphatic carbocycles. The fourth-order valence-electron chi connectivity index (χ4n) is 0.782. The maximum atomic E-state index is 11.0. The normalized spacial score (nSPS) is 19.5. The van der Waals surface area contributed by atoms with Gasteiger partial charge in [0, 0.05) is 12.5 Å². The zero-order valence-corrected chi connectivity index (χ0v) is 6.67. The first-order valence-electron chi connectivity index (χ1n) is 3.87. The van der Waals surface area contributed by atoms with Crippen LogP contribution in [-0.4, -0.2) is 18.6 Å². The van der Waals surface area contributed by atoms with Crippen molar-refractivity contribution in [2.24, 2.45) is 11.8 Å². The maximum Gasteiger partial charge on any atom is 0.223 e. The lowest BCUT2D eigenvalue weighted by atomic mass is 10.3. The van der Waals surface area contributed by atoms with E-state index in [1.54, 1.807) is 0 Å². The van der Waals surface area contributed by atoms with Gasteiger partial charge in [-0.05, 0) is 19.8 Å². The predicted octanol–water partition coefficient (Wildman–Crippen LogP) is -0.209. The van der Waals surface area contributed by atoms with Gasteiger partial charge in [0.2, 0.25) is 5.91 Å². The van der Waals surface area contributed by atoms with Gasteiger partial charge in [-0.2, -0.15) is 0 Å². The average Bonchev–Trinajstić information content (AvgIpc) is 2.81. The Balaban J connectivity index is 2.05. The van der Waals surface area contributed by atoms with Crippen LogP contribution in [0.5, 0.6) is 0 Å². The Morgan fingerprint density at radius 2 is 2.45 bits per heavy atom. The van der Waals surface area contributed by atoms with Gasteiger partial charge in [-0.1, -0.05) is 0 Å². The number of rotatable bonds is 4. The van der Waals surface area contributed by atoms with E-state index >= 15 is 0 Å². The van der Waals surface area contributed by atoms with Gasteiger partial charge < -0.3 is 5.32 Å². The summed E-state index contributed by atoms with van der Waals surface area (Å²) in [5, 5.41) is 2.75. The second kappa shape index (κ2) is 3.69. The summed E-state index contributed by atoms with van der Waals surface area (Å²) in [6.45, 7) is 2.32. The number of nitrogens with one attached hydrogen (secondary N) is 1.